The minimum Gasteiger partial charge on any atom is -0.493 e. The molecule has 1 heterocycles. The molecule has 1 aromatic carbocycles. The summed E-state index contributed by atoms with van der Waals surface area (Å²) in [5.74, 6) is -0.980. The Bertz CT molecular complexity index is 519. The van der Waals surface area contributed by atoms with E-state index in [0.29, 0.717) is 12.0 Å². The molecule has 1 aliphatic heterocycles. The number of carbonyl (C=O) groups is 1. The summed E-state index contributed by atoms with van der Waals surface area (Å²) in [7, 11) is 1.03. The average Bonchev–Trinajstić information content (AvgIpc) is 2.36. The number of fused-ring (bicyclic) bond motifs is 1. The van der Waals surface area contributed by atoms with Crippen LogP contribution in [-0.4, -0.2) is 19.7 Å². The number of hydrogen-bond acceptors (Lipinski definition) is 4. The molecule has 0 saturated carbocycles. The minimum absolute atomic E-state index is 0. The number of esters is 1. The number of rotatable bonds is 1. The van der Waals surface area contributed by atoms with E-state index in [4.69, 9.17) is 10.5 Å². The third-order valence-electron chi connectivity index (χ3n) is 2.95. The minimum atomic E-state index is -4.66. The molecule has 0 bridgehead atoms. The number of benzene rings is 1. The maximum Gasteiger partial charge on any atom is 0.417 e. The van der Waals surface area contributed by atoms with E-state index in [2.05, 4.69) is 4.74 Å². The van der Waals surface area contributed by atoms with E-state index in [-0.39, 0.29) is 24.8 Å². The Morgan fingerprint density at radius 1 is 1.45 bits per heavy atom. The van der Waals surface area contributed by atoms with Crippen molar-refractivity contribution in [2.45, 2.75) is 18.6 Å². The Morgan fingerprint density at radius 3 is 2.65 bits per heavy atom. The molecule has 0 amide bonds. The molecule has 0 fully saturated rings. The zero-order valence-corrected chi connectivity index (χ0v) is 11.3. The Hall–Kier alpha value is -1.47. The van der Waals surface area contributed by atoms with Gasteiger partial charge in [-0.2, -0.15) is 13.2 Å². The fourth-order valence-electron chi connectivity index (χ4n) is 1.98. The number of halogens is 4. The molecule has 0 radical (unpaired) electrons. The second-order valence-electron chi connectivity index (χ2n) is 4.17. The van der Waals surface area contributed by atoms with Crippen molar-refractivity contribution in [1.29, 1.82) is 0 Å². The van der Waals surface area contributed by atoms with Crippen LogP contribution >= 0.6 is 12.4 Å². The molecule has 4 nitrogen and oxygen atoms in total. The summed E-state index contributed by atoms with van der Waals surface area (Å²) in [5, 5.41) is 0. The third-order valence-corrected chi connectivity index (χ3v) is 2.95. The molecule has 0 aromatic heterocycles. The molecule has 0 unspecified atom stereocenters. The first kappa shape index (κ1) is 16.6. The SMILES string of the molecule is COC(=O)c1cc2c(cc1C(F)(F)F)OCC[C@H]2N.Cl. The normalized spacial score (nSPS) is 17.6. The van der Waals surface area contributed by atoms with E-state index < -0.39 is 29.3 Å². The molecule has 0 aliphatic carbocycles. The smallest absolute Gasteiger partial charge is 0.417 e. The number of nitrogens with two attached hydrogens (primary N) is 1. The quantitative estimate of drug-likeness (QED) is 0.810. The van der Waals surface area contributed by atoms with Crippen LogP contribution in [0.5, 0.6) is 5.75 Å². The van der Waals surface area contributed by atoms with Gasteiger partial charge in [-0.15, -0.1) is 12.4 Å². The lowest BCUT2D eigenvalue weighted by atomic mass is 9.95. The summed E-state index contributed by atoms with van der Waals surface area (Å²) < 4.78 is 48.3. The van der Waals surface area contributed by atoms with Crippen molar-refractivity contribution in [2.24, 2.45) is 5.73 Å². The highest BCUT2D eigenvalue weighted by atomic mass is 35.5. The number of methoxy groups -OCH3 is 1. The van der Waals surface area contributed by atoms with Gasteiger partial charge in [0.15, 0.2) is 0 Å². The molecule has 2 rings (SSSR count). The highest BCUT2D eigenvalue weighted by molar-refractivity contribution is 5.92. The first-order valence-corrected chi connectivity index (χ1v) is 5.56. The average molecular weight is 312 g/mol. The van der Waals surface area contributed by atoms with Crippen molar-refractivity contribution in [3.8, 4) is 5.75 Å². The van der Waals surface area contributed by atoms with Gasteiger partial charge in [-0.25, -0.2) is 4.79 Å². The van der Waals surface area contributed by atoms with Crippen molar-refractivity contribution in [3.05, 3.63) is 28.8 Å². The molecular weight excluding hydrogens is 299 g/mol. The van der Waals surface area contributed by atoms with Crippen molar-refractivity contribution in [3.63, 3.8) is 0 Å². The van der Waals surface area contributed by atoms with Gasteiger partial charge < -0.3 is 15.2 Å². The largest absolute Gasteiger partial charge is 0.493 e. The fourth-order valence-corrected chi connectivity index (χ4v) is 1.98. The second-order valence-corrected chi connectivity index (χ2v) is 4.17. The van der Waals surface area contributed by atoms with Crippen LogP contribution in [-0.2, 0) is 10.9 Å². The summed E-state index contributed by atoms with van der Waals surface area (Å²) in [6.45, 7) is 0.253. The number of ether oxygens (including phenoxy) is 2. The third kappa shape index (κ3) is 2.99. The molecule has 20 heavy (non-hydrogen) atoms. The number of alkyl halides is 3. The molecular formula is C12H13ClF3NO3. The second kappa shape index (κ2) is 5.88. The standard InChI is InChI=1S/C12H12F3NO3.ClH/c1-18-11(17)6-4-7-9(16)2-3-19-10(7)5-8(6)12(13,14)15;/h4-5,9H,2-3,16H2,1H3;1H/t9-;/m1./s1. The monoisotopic (exact) mass is 311 g/mol. The molecule has 1 atom stereocenters. The van der Waals surface area contributed by atoms with E-state index in [1.54, 1.807) is 0 Å². The topological polar surface area (TPSA) is 61.5 Å². The van der Waals surface area contributed by atoms with Gasteiger partial charge in [0.25, 0.3) is 0 Å². The van der Waals surface area contributed by atoms with Crippen molar-refractivity contribution in [2.75, 3.05) is 13.7 Å². The van der Waals surface area contributed by atoms with Gasteiger partial charge >= 0.3 is 12.1 Å². The fraction of sp³-hybridized carbons (Fsp3) is 0.417. The zero-order chi connectivity index (χ0) is 14.2. The molecule has 8 heteroatoms. The first-order valence-electron chi connectivity index (χ1n) is 5.56. The maximum atomic E-state index is 12.9. The summed E-state index contributed by atoms with van der Waals surface area (Å²) in [5.41, 5.74) is 4.57. The summed E-state index contributed by atoms with van der Waals surface area (Å²) in [6, 6.07) is 1.46. The van der Waals surface area contributed by atoms with E-state index in [0.717, 1.165) is 19.2 Å². The summed E-state index contributed by atoms with van der Waals surface area (Å²) in [6.07, 6.45) is -4.18. The predicted molar refractivity (Wildman–Crippen MR) is 67.1 cm³/mol. The van der Waals surface area contributed by atoms with Gasteiger partial charge in [-0.1, -0.05) is 0 Å². The van der Waals surface area contributed by atoms with E-state index in [9.17, 15) is 18.0 Å². The van der Waals surface area contributed by atoms with Gasteiger partial charge in [0, 0.05) is 18.0 Å². The highest BCUT2D eigenvalue weighted by Crippen LogP contribution is 2.39. The molecule has 112 valence electrons. The van der Waals surface area contributed by atoms with Crippen LogP contribution in [0.1, 0.15) is 33.9 Å². The summed E-state index contributed by atoms with van der Waals surface area (Å²) in [4.78, 5) is 11.5. The Kier molecular flexibility index (Phi) is 4.88. The number of carbonyl (C=O) groups excluding carboxylic acids is 1. The van der Waals surface area contributed by atoms with Crippen LogP contribution < -0.4 is 10.5 Å². The van der Waals surface area contributed by atoms with E-state index in [1.807, 2.05) is 0 Å². The zero-order valence-electron chi connectivity index (χ0n) is 10.5. The van der Waals surface area contributed by atoms with Crippen LogP contribution in [0.15, 0.2) is 12.1 Å². The van der Waals surface area contributed by atoms with Crippen molar-refractivity contribution < 1.29 is 27.4 Å². The molecule has 0 spiro atoms. The van der Waals surface area contributed by atoms with Crippen LogP contribution in [0, 0.1) is 0 Å². The van der Waals surface area contributed by atoms with Gasteiger partial charge in [0.1, 0.15) is 5.75 Å². The maximum absolute atomic E-state index is 12.9. The van der Waals surface area contributed by atoms with Gasteiger partial charge in [0.2, 0.25) is 0 Å². The molecule has 1 aliphatic rings. The molecule has 2 N–H and O–H groups in total. The van der Waals surface area contributed by atoms with Crippen LogP contribution in [0.25, 0.3) is 0 Å². The van der Waals surface area contributed by atoms with Crippen molar-refractivity contribution >= 4 is 18.4 Å². The van der Waals surface area contributed by atoms with Crippen molar-refractivity contribution in [1.82, 2.24) is 0 Å². The lowest BCUT2D eigenvalue weighted by Gasteiger charge is -2.25. The number of hydrogen-bond donors (Lipinski definition) is 1. The predicted octanol–water partition coefficient (Wildman–Crippen LogP) is 2.70. The first-order chi connectivity index (χ1) is 8.84. The van der Waals surface area contributed by atoms with Crippen LogP contribution in [0.2, 0.25) is 0 Å². The van der Waals surface area contributed by atoms with Gasteiger partial charge in [-0.3, -0.25) is 0 Å². The van der Waals surface area contributed by atoms with E-state index in [1.165, 1.54) is 0 Å². The van der Waals surface area contributed by atoms with E-state index >= 15 is 0 Å². The molecule has 1 aromatic rings. The lowest BCUT2D eigenvalue weighted by molar-refractivity contribution is -0.138. The van der Waals surface area contributed by atoms with Crippen LogP contribution in [0.3, 0.4) is 0 Å². The van der Waals surface area contributed by atoms with Gasteiger partial charge in [0.05, 0.1) is 24.8 Å². The van der Waals surface area contributed by atoms with Crippen LogP contribution in [0.4, 0.5) is 13.2 Å². The summed E-state index contributed by atoms with van der Waals surface area (Å²) >= 11 is 0. The lowest BCUT2D eigenvalue weighted by Crippen LogP contribution is -2.23. The Labute approximate surface area is 119 Å². The Balaban J connectivity index is 0.00000200. The van der Waals surface area contributed by atoms with Gasteiger partial charge in [-0.05, 0) is 12.1 Å². The Morgan fingerprint density at radius 2 is 2.10 bits per heavy atom. The highest BCUT2D eigenvalue weighted by Gasteiger charge is 2.38. The molecule has 0 saturated heterocycles.